The number of carbonyl (C=O) groups excluding carboxylic acids is 1. The summed E-state index contributed by atoms with van der Waals surface area (Å²) in [5.41, 5.74) is 1.20. The molecule has 0 aliphatic carbocycles. The van der Waals surface area contributed by atoms with Crippen molar-refractivity contribution in [2.45, 2.75) is 38.8 Å². The minimum atomic E-state index is -0.480. The van der Waals surface area contributed by atoms with Gasteiger partial charge in [0.1, 0.15) is 5.60 Å². The maximum atomic E-state index is 12.2. The molecule has 1 fully saturated rings. The van der Waals surface area contributed by atoms with E-state index in [2.05, 4.69) is 20.6 Å². The van der Waals surface area contributed by atoms with Crippen molar-refractivity contribution in [1.29, 1.82) is 0 Å². The second-order valence-corrected chi connectivity index (χ2v) is 7.22. The molecule has 3 rings (SSSR count). The van der Waals surface area contributed by atoms with Gasteiger partial charge in [-0.15, -0.1) is 0 Å². The fourth-order valence-corrected chi connectivity index (χ4v) is 2.84. The molecule has 7 nitrogen and oxygen atoms in total. The van der Waals surface area contributed by atoms with Crippen LogP contribution in [0.4, 0.5) is 16.4 Å². The van der Waals surface area contributed by atoms with Crippen LogP contribution in [0, 0.1) is 0 Å². The molecule has 25 heavy (non-hydrogen) atoms. The smallest absolute Gasteiger partial charge is 0.410 e. The lowest BCUT2D eigenvalue weighted by Crippen LogP contribution is -2.36. The first-order valence-electron chi connectivity index (χ1n) is 8.55. The van der Waals surface area contributed by atoms with E-state index >= 15 is 0 Å². The third-order valence-corrected chi connectivity index (χ3v) is 3.99. The molecular weight excluding hydrogens is 318 g/mol. The van der Waals surface area contributed by atoms with Crippen LogP contribution in [-0.2, 0) is 4.74 Å². The summed E-state index contributed by atoms with van der Waals surface area (Å²) in [6.45, 7) is 6.89. The number of hydrogen-bond acceptors (Lipinski definition) is 6. The molecule has 1 aliphatic heterocycles. The Hall–Kier alpha value is -2.57. The van der Waals surface area contributed by atoms with Gasteiger partial charge in [-0.25, -0.2) is 14.8 Å². The average Bonchev–Trinajstić information content (AvgIpc) is 3.01. The Balaban J connectivity index is 1.71. The van der Waals surface area contributed by atoms with Crippen molar-refractivity contribution >= 4 is 28.8 Å². The van der Waals surface area contributed by atoms with Gasteiger partial charge in [-0.1, -0.05) is 12.1 Å². The number of rotatable bonds is 3. The van der Waals surface area contributed by atoms with Crippen molar-refractivity contribution in [3.8, 4) is 0 Å². The predicted molar refractivity (Wildman–Crippen MR) is 98.9 cm³/mol. The molecule has 1 saturated heterocycles. The third kappa shape index (κ3) is 4.10. The van der Waals surface area contributed by atoms with E-state index in [9.17, 15) is 4.79 Å². The average molecular weight is 343 g/mol. The molecule has 0 saturated carbocycles. The highest BCUT2D eigenvalue weighted by atomic mass is 16.6. The number of para-hydroxylation sites is 2. The Bertz CT molecular complexity index is 772. The van der Waals surface area contributed by atoms with Crippen LogP contribution in [0.3, 0.4) is 0 Å². The van der Waals surface area contributed by atoms with E-state index in [1.807, 2.05) is 52.1 Å². The number of nitrogens with zero attached hydrogens (tertiary/aromatic N) is 3. The van der Waals surface area contributed by atoms with E-state index in [1.54, 1.807) is 4.90 Å². The van der Waals surface area contributed by atoms with E-state index in [4.69, 9.17) is 4.74 Å². The molecule has 1 aromatic heterocycles. The summed E-state index contributed by atoms with van der Waals surface area (Å²) in [5.74, 6) is 1.41. The van der Waals surface area contributed by atoms with Gasteiger partial charge < -0.3 is 20.3 Å². The van der Waals surface area contributed by atoms with E-state index in [0.29, 0.717) is 24.7 Å². The quantitative estimate of drug-likeness (QED) is 0.891. The molecule has 134 valence electrons. The zero-order chi connectivity index (χ0) is 18.0. The molecule has 0 unspecified atom stereocenters. The number of aromatic nitrogens is 2. The summed E-state index contributed by atoms with van der Waals surface area (Å²) in [6, 6.07) is 7.88. The maximum Gasteiger partial charge on any atom is 0.410 e. The van der Waals surface area contributed by atoms with Gasteiger partial charge in [0.25, 0.3) is 0 Å². The lowest BCUT2D eigenvalue weighted by molar-refractivity contribution is 0.0293. The van der Waals surface area contributed by atoms with Gasteiger partial charge in [-0.2, -0.15) is 0 Å². The summed E-state index contributed by atoms with van der Waals surface area (Å²) in [4.78, 5) is 23.2. The van der Waals surface area contributed by atoms with Gasteiger partial charge in [0.05, 0.1) is 11.0 Å². The number of hydrogen-bond donors (Lipinski definition) is 2. The number of likely N-dealkylation sites (tertiary alicyclic amines) is 1. The molecule has 7 heteroatoms. The number of nitrogens with one attached hydrogen (secondary N) is 2. The highest BCUT2D eigenvalue weighted by Crippen LogP contribution is 2.24. The van der Waals surface area contributed by atoms with Crippen LogP contribution in [0.25, 0.3) is 11.0 Å². The van der Waals surface area contributed by atoms with Crippen LogP contribution in [0.5, 0.6) is 0 Å². The van der Waals surface area contributed by atoms with Crippen molar-refractivity contribution < 1.29 is 9.53 Å². The summed E-state index contributed by atoms with van der Waals surface area (Å²) < 4.78 is 5.44. The largest absolute Gasteiger partial charge is 0.444 e. The van der Waals surface area contributed by atoms with E-state index < -0.39 is 5.60 Å². The van der Waals surface area contributed by atoms with Crippen LogP contribution in [0.1, 0.15) is 27.2 Å². The zero-order valence-corrected chi connectivity index (χ0v) is 15.2. The Labute approximate surface area is 147 Å². The highest BCUT2D eigenvalue weighted by molar-refractivity contribution is 5.80. The summed E-state index contributed by atoms with van der Waals surface area (Å²) in [5, 5.41) is 6.50. The van der Waals surface area contributed by atoms with E-state index in [0.717, 1.165) is 17.5 Å². The fraction of sp³-hybridized carbons (Fsp3) is 0.500. The highest BCUT2D eigenvalue weighted by Gasteiger charge is 2.30. The van der Waals surface area contributed by atoms with Gasteiger partial charge in [0.15, 0.2) is 11.6 Å². The van der Waals surface area contributed by atoms with E-state index in [1.165, 1.54) is 0 Å². The van der Waals surface area contributed by atoms with Gasteiger partial charge in [-0.05, 0) is 39.3 Å². The molecule has 1 atom stereocenters. The SMILES string of the molecule is CNc1nc2ccccc2nc1N[C@H]1CCN(C(=O)OC(C)(C)C)C1. The van der Waals surface area contributed by atoms with Gasteiger partial charge in [0.2, 0.25) is 0 Å². The number of carbonyl (C=O) groups is 1. The number of fused-ring (bicyclic) bond motifs is 1. The normalized spacial score (nSPS) is 17.6. The first-order valence-corrected chi connectivity index (χ1v) is 8.55. The lowest BCUT2D eigenvalue weighted by Gasteiger charge is -2.24. The monoisotopic (exact) mass is 343 g/mol. The Morgan fingerprint density at radius 1 is 1.20 bits per heavy atom. The van der Waals surface area contributed by atoms with Gasteiger partial charge in [-0.3, -0.25) is 0 Å². The minimum Gasteiger partial charge on any atom is -0.444 e. The first-order chi connectivity index (χ1) is 11.9. The molecule has 0 radical (unpaired) electrons. The molecule has 0 spiro atoms. The molecular formula is C18H25N5O2. The fourth-order valence-electron chi connectivity index (χ4n) is 2.84. The summed E-state index contributed by atoms with van der Waals surface area (Å²) in [6.07, 6.45) is 0.576. The van der Waals surface area contributed by atoms with Crippen LogP contribution in [0.15, 0.2) is 24.3 Å². The molecule has 1 aliphatic rings. The zero-order valence-electron chi connectivity index (χ0n) is 15.2. The molecule has 2 aromatic rings. The van der Waals surface area contributed by atoms with Crippen LogP contribution >= 0.6 is 0 Å². The second kappa shape index (κ2) is 6.74. The van der Waals surface area contributed by atoms with Crippen LogP contribution < -0.4 is 10.6 Å². The summed E-state index contributed by atoms with van der Waals surface area (Å²) >= 11 is 0. The van der Waals surface area contributed by atoms with Crippen molar-refractivity contribution in [1.82, 2.24) is 14.9 Å². The molecule has 0 bridgehead atoms. The Kier molecular flexibility index (Phi) is 4.65. The Morgan fingerprint density at radius 2 is 1.84 bits per heavy atom. The molecule has 2 N–H and O–H groups in total. The van der Waals surface area contributed by atoms with E-state index in [-0.39, 0.29) is 12.1 Å². The van der Waals surface area contributed by atoms with Crippen molar-refractivity contribution in [3.05, 3.63) is 24.3 Å². The third-order valence-electron chi connectivity index (χ3n) is 3.99. The second-order valence-electron chi connectivity index (χ2n) is 7.22. The summed E-state index contributed by atoms with van der Waals surface area (Å²) in [7, 11) is 1.83. The van der Waals surface area contributed by atoms with Crippen molar-refractivity contribution in [3.63, 3.8) is 0 Å². The molecule has 1 amide bonds. The van der Waals surface area contributed by atoms with Crippen LogP contribution in [0.2, 0.25) is 0 Å². The van der Waals surface area contributed by atoms with Gasteiger partial charge >= 0.3 is 6.09 Å². The number of anilines is 2. The molecule has 1 aromatic carbocycles. The van der Waals surface area contributed by atoms with Crippen molar-refractivity contribution in [2.24, 2.45) is 0 Å². The van der Waals surface area contributed by atoms with Crippen molar-refractivity contribution in [2.75, 3.05) is 30.8 Å². The van der Waals surface area contributed by atoms with Crippen LogP contribution in [-0.4, -0.2) is 52.7 Å². The first kappa shape index (κ1) is 17.3. The Morgan fingerprint density at radius 3 is 2.44 bits per heavy atom. The topological polar surface area (TPSA) is 79.4 Å². The predicted octanol–water partition coefficient (Wildman–Crippen LogP) is 3.09. The number of ether oxygens (including phenoxy) is 1. The number of benzene rings is 1. The van der Waals surface area contributed by atoms with Gasteiger partial charge in [0, 0.05) is 26.2 Å². The minimum absolute atomic E-state index is 0.120. The lowest BCUT2D eigenvalue weighted by atomic mass is 10.2. The molecule has 2 heterocycles. The number of amides is 1. The maximum absolute atomic E-state index is 12.2. The standard InChI is InChI=1S/C18H25N5O2/c1-18(2,3)25-17(24)23-10-9-12(11-23)20-16-15(19-4)21-13-7-5-6-8-14(13)22-16/h5-8,12H,9-11H2,1-4H3,(H,19,21)(H,20,22)/t12-/m0/s1.